The maximum absolute atomic E-state index is 12.4. The lowest BCUT2D eigenvalue weighted by Gasteiger charge is -2.09. The number of aromatic nitrogens is 2. The van der Waals surface area contributed by atoms with E-state index in [9.17, 15) is 4.79 Å². The quantitative estimate of drug-likeness (QED) is 0.674. The largest absolute Gasteiger partial charge is 0.348 e. The molecule has 0 saturated carbocycles. The number of amides is 1. The van der Waals surface area contributed by atoms with Gasteiger partial charge in [0.25, 0.3) is 5.91 Å². The van der Waals surface area contributed by atoms with E-state index in [1.54, 1.807) is 36.8 Å². The minimum absolute atomic E-state index is 0.217. The van der Waals surface area contributed by atoms with E-state index < -0.39 is 0 Å². The van der Waals surface area contributed by atoms with Crippen LogP contribution >= 0.6 is 34.8 Å². The maximum atomic E-state index is 12.4. The molecule has 128 valence electrons. The van der Waals surface area contributed by atoms with E-state index in [-0.39, 0.29) is 5.91 Å². The van der Waals surface area contributed by atoms with Crippen LogP contribution in [0, 0.1) is 0 Å². The second-order valence-corrected chi connectivity index (χ2v) is 6.85. The summed E-state index contributed by atoms with van der Waals surface area (Å²) in [6, 6.07) is 10.4. The molecule has 0 aliphatic rings. The van der Waals surface area contributed by atoms with Crippen molar-refractivity contribution in [1.29, 1.82) is 0 Å². The Morgan fingerprint density at radius 3 is 2.32 bits per heavy atom. The second kappa shape index (κ2) is 7.91. The zero-order valence-corrected chi connectivity index (χ0v) is 15.3. The van der Waals surface area contributed by atoms with Crippen LogP contribution in [0.1, 0.15) is 21.5 Å². The summed E-state index contributed by atoms with van der Waals surface area (Å²) in [6.45, 7) is 0.910. The van der Waals surface area contributed by atoms with Gasteiger partial charge in [0.05, 0.1) is 6.33 Å². The normalized spacial score (nSPS) is 10.7. The van der Waals surface area contributed by atoms with E-state index in [4.69, 9.17) is 34.8 Å². The highest BCUT2D eigenvalue weighted by Crippen LogP contribution is 2.20. The fourth-order valence-electron chi connectivity index (χ4n) is 2.46. The molecule has 0 aliphatic carbocycles. The van der Waals surface area contributed by atoms with Crippen LogP contribution in [0.5, 0.6) is 0 Å². The van der Waals surface area contributed by atoms with E-state index in [2.05, 4.69) is 10.3 Å². The van der Waals surface area contributed by atoms with Crippen LogP contribution in [-0.2, 0) is 13.1 Å². The number of halogens is 3. The van der Waals surface area contributed by atoms with E-state index in [0.29, 0.717) is 33.7 Å². The zero-order chi connectivity index (χ0) is 17.8. The molecule has 0 fully saturated rings. The highest BCUT2D eigenvalue weighted by molar-refractivity contribution is 6.34. The van der Waals surface area contributed by atoms with Crippen LogP contribution in [0.15, 0.2) is 55.1 Å². The van der Waals surface area contributed by atoms with Crippen LogP contribution in [0.2, 0.25) is 15.1 Å². The summed E-state index contributed by atoms with van der Waals surface area (Å²) in [7, 11) is 0. The third kappa shape index (κ3) is 4.98. The van der Waals surface area contributed by atoms with Crippen molar-refractivity contribution in [3.63, 3.8) is 0 Å². The Hall–Kier alpha value is -2.01. The smallest absolute Gasteiger partial charge is 0.251 e. The molecule has 0 radical (unpaired) electrons. The van der Waals surface area contributed by atoms with Gasteiger partial charge in [-0.2, -0.15) is 0 Å². The molecule has 4 nitrogen and oxygen atoms in total. The monoisotopic (exact) mass is 393 g/mol. The highest BCUT2D eigenvalue weighted by atomic mass is 35.5. The number of carbonyl (C=O) groups is 1. The lowest BCUT2D eigenvalue weighted by molar-refractivity contribution is 0.0951. The molecule has 0 aliphatic heterocycles. The number of benzene rings is 2. The van der Waals surface area contributed by atoms with E-state index in [1.165, 1.54) is 0 Å². The second-order valence-electron chi connectivity index (χ2n) is 5.54. The third-order valence-electron chi connectivity index (χ3n) is 3.52. The minimum atomic E-state index is -0.217. The lowest BCUT2D eigenvalue weighted by atomic mass is 10.1. The number of imidazole rings is 1. The van der Waals surface area contributed by atoms with E-state index >= 15 is 0 Å². The van der Waals surface area contributed by atoms with Crippen molar-refractivity contribution in [3.8, 4) is 0 Å². The Labute approximate surface area is 160 Å². The van der Waals surface area contributed by atoms with Crippen molar-refractivity contribution in [2.75, 3.05) is 0 Å². The average Bonchev–Trinajstić information content (AvgIpc) is 3.04. The maximum Gasteiger partial charge on any atom is 0.251 e. The molecular weight excluding hydrogens is 381 g/mol. The Morgan fingerprint density at radius 1 is 0.960 bits per heavy atom. The molecule has 0 bridgehead atoms. The van der Waals surface area contributed by atoms with E-state index in [1.807, 2.05) is 22.9 Å². The summed E-state index contributed by atoms with van der Waals surface area (Å²) in [4.78, 5) is 16.4. The van der Waals surface area contributed by atoms with Gasteiger partial charge in [0.15, 0.2) is 0 Å². The van der Waals surface area contributed by atoms with Crippen LogP contribution < -0.4 is 5.32 Å². The molecular formula is C18H14Cl3N3O. The topological polar surface area (TPSA) is 46.9 Å². The number of hydrogen-bond donors (Lipinski definition) is 1. The third-order valence-corrected chi connectivity index (χ3v) is 4.17. The standard InChI is InChI=1S/C18H14Cl3N3O/c19-15-6-13(10-24-2-1-22-11-24)3-14(7-15)18(25)23-9-12-4-16(20)8-17(21)5-12/h1-8,11H,9-10H2,(H,23,25). The minimum Gasteiger partial charge on any atom is -0.348 e. The number of carbonyl (C=O) groups excluding carboxylic acids is 1. The van der Waals surface area contributed by atoms with Gasteiger partial charge >= 0.3 is 0 Å². The summed E-state index contributed by atoms with van der Waals surface area (Å²) in [6.07, 6.45) is 5.27. The Morgan fingerprint density at radius 2 is 1.64 bits per heavy atom. The molecule has 3 aromatic rings. The molecule has 1 N–H and O–H groups in total. The van der Waals surface area contributed by atoms with Gasteiger partial charge < -0.3 is 9.88 Å². The van der Waals surface area contributed by atoms with Gasteiger partial charge in [0, 0.05) is 46.1 Å². The molecule has 1 aromatic heterocycles. The number of nitrogens with zero attached hydrogens (tertiary/aromatic N) is 2. The van der Waals surface area contributed by atoms with Crippen molar-refractivity contribution >= 4 is 40.7 Å². The van der Waals surface area contributed by atoms with Crippen molar-refractivity contribution in [2.24, 2.45) is 0 Å². The summed E-state index contributed by atoms with van der Waals surface area (Å²) in [5, 5.41) is 4.42. The Bertz CT molecular complexity index is 874. The Balaban J connectivity index is 1.72. The average molecular weight is 395 g/mol. The first-order valence-corrected chi connectivity index (χ1v) is 8.61. The molecule has 0 saturated heterocycles. The first-order valence-electron chi connectivity index (χ1n) is 7.48. The van der Waals surface area contributed by atoms with Gasteiger partial charge in [-0.05, 0) is 47.5 Å². The molecule has 1 amide bonds. The zero-order valence-electron chi connectivity index (χ0n) is 13.0. The van der Waals surface area contributed by atoms with Crippen molar-refractivity contribution < 1.29 is 4.79 Å². The number of hydrogen-bond acceptors (Lipinski definition) is 2. The van der Waals surface area contributed by atoms with Gasteiger partial charge in [0.1, 0.15) is 0 Å². The number of nitrogens with one attached hydrogen (secondary N) is 1. The van der Waals surface area contributed by atoms with Gasteiger partial charge in [0.2, 0.25) is 0 Å². The molecule has 0 atom stereocenters. The molecule has 0 unspecified atom stereocenters. The molecule has 0 spiro atoms. The first kappa shape index (κ1) is 17.8. The fraction of sp³-hybridized carbons (Fsp3) is 0.111. The van der Waals surface area contributed by atoms with Gasteiger partial charge in [-0.1, -0.05) is 34.8 Å². The lowest BCUT2D eigenvalue weighted by Crippen LogP contribution is -2.23. The van der Waals surface area contributed by atoms with Gasteiger partial charge in [-0.3, -0.25) is 4.79 Å². The van der Waals surface area contributed by atoms with Gasteiger partial charge in [-0.25, -0.2) is 4.98 Å². The molecule has 2 aromatic carbocycles. The molecule has 7 heteroatoms. The molecule has 1 heterocycles. The van der Waals surface area contributed by atoms with Crippen LogP contribution in [-0.4, -0.2) is 15.5 Å². The van der Waals surface area contributed by atoms with Crippen LogP contribution in [0.3, 0.4) is 0 Å². The highest BCUT2D eigenvalue weighted by Gasteiger charge is 2.09. The Kier molecular flexibility index (Phi) is 5.63. The SMILES string of the molecule is O=C(NCc1cc(Cl)cc(Cl)c1)c1cc(Cl)cc(Cn2ccnc2)c1. The first-order chi connectivity index (χ1) is 12.0. The number of rotatable bonds is 5. The van der Waals surface area contributed by atoms with Crippen LogP contribution in [0.25, 0.3) is 0 Å². The molecule has 25 heavy (non-hydrogen) atoms. The van der Waals surface area contributed by atoms with Gasteiger partial charge in [-0.15, -0.1) is 0 Å². The van der Waals surface area contributed by atoms with Crippen molar-refractivity contribution in [1.82, 2.24) is 14.9 Å². The van der Waals surface area contributed by atoms with Crippen molar-refractivity contribution in [3.05, 3.63) is 86.9 Å². The fourth-order valence-corrected chi connectivity index (χ4v) is 3.29. The van der Waals surface area contributed by atoms with Crippen LogP contribution in [0.4, 0.5) is 0 Å². The van der Waals surface area contributed by atoms with Crippen molar-refractivity contribution in [2.45, 2.75) is 13.1 Å². The predicted molar refractivity (Wildman–Crippen MR) is 100 cm³/mol. The molecule has 3 rings (SSSR count). The summed E-state index contributed by atoms with van der Waals surface area (Å²) in [5.74, 6) is -0.217. The summed E-state index contributed by atoms with van der Waals surface area (Å²) < 4.78 is 1.90. The van der Waals surface area contributed by atoms with E-state index in [0.717, 1.165) is 11.1 Å². The summed E-state index contributed by atoms with van der Waals surface area (Å²) >= 11 is 18.1. The summed E-state index contributed by atoms with van der Waals surface area (Å²) in [5.41, 5.74) is 2.24. The predicted octanol–water partition coefficient (Wildman–Crippen LogP) is 4.82.